The third-order valence-electron chi connectivity index (χ3n) is 4.69. The van der Waals surface area contributed by atoms with Gasteiger partial charge in [0.2, 0.25) is 0 Å². The largest absolute Gasteiger partial charge is 0.455 e. The van der Waals surface area contributed by atoms with Crippen molar-refractivity contribution in [3.63, 3.8) is 0 Å². The number of hydrogen-bond acceptors (Lipinski definition) is 4. The number of nitrogens with one attached hydrogen (secondary N) is 1. The first kappa shape index (κ1) is 17.3. The fourth-order valence-electron chi connectivity index (χ4n) is 2.86. The van der Waals surface area contributed by atoms with Gasteiger partial charge in [-0.3, -0.25) is 9.59 Å². The number of carbonyl (C=O) groups is 3. The van der Waals surface area contributed by atoms with E-state index in [9.17, 15) is 14.4 Å². The number of hydrogen-bond donors (Lipinski definition) is 1. The molecule has 1 aliphatic carbocycles. The van der Waals surface area contributed by atoms with Gasteiger partial charge in [0.15, 0.2) is 6.61 Å². The predicted octanol–water partition coefficient (Wildman–Crippen LogP) is 1.56. The van der Waals surface area contributed by atoms with Crippen molar-refractivity contribution in [1.29, 1.82) is 0 Å². The van der Waals surface area contributed by atoms with Crippen LogP contribution in [0.4, 0.5) is 10.5 Å². The van der Waals surface area contributed by atoms with E-state index in [0.717, 1.165) is 12.1 Å². The number of urea groups is 1. The maximum Gasteiger partial charge on any atom is 0.321 e. The van der Waals surface area contributed by atoms with E-state index >= 15 is 0 Å². The Morgan fingerprint density at radius 1 is 1.08 bits per heavy atom. The smallest absolute Gasteiger partial charge is 0.321 e. The van der Waals surface area contributed by atoms with Crippen LogP contribution in [0.25, 0.3) is 0 Å². The average molecular weight is 345 g/mol. The molecule has 2 atom stereocenters. The maximum absolute atomic E-state index is 12.2. The Hall–Kier alpha value is -2.57. The number of ether oxygens (including phenoxy) is 1. The van der Waals surface area contributed by atoms with E-state index in [1.165, 1.54) is 0 Å². The van der Waals surface area contributed by atoms with Gasteiger partial charge >= 0.3 is 12.0 Å². The zero-order valence-corrected chi connectivity index (χ0v) is 14.3. The third kappa shape index (κ3) is 4.49. The van der Waals surface area contributed by atoms with Crippen LogP contribution in [-0.4, -0.2) is 60.5 Å². The Morgan fingerprint density at radius 2 is 1.68 bits per heavy atom. The molecule has 2 fully saturated rings. The molecule has 134 valence electrons. The van der Waals surface area contributed by atoms with Crippen molar-refractivity contribution in [3.8, 4) is 0 Å². The summed E-state index contributed by atoms with van der Waals surface area (Å²) in [5.41, 5.74) is 0.743. The number of rotatable bonds is 4. The SMILES string of the molecule is C[C@@H]1C[C@@H]1C(=O)OCC(=O)N1CCN(C(=O)Nc2ccccc2)CC1. The summed E-state index contributed by atoms with van der Waals surface area (Å²) in [7, 11) is 0. The lowest BCUT2D eigenvalue weighted by Crippen LogP contribution is -2.52. The molecular weight excluding hydrogens is 322 g/mol. The van der Waals surface area contributed by atoms with Crippen LogP contribution in [0.5, 0.6) is 0 Å². The molecule has 7 heteroatoms. The first-order valence-corrected chi connectivity index (χ1v) is 8.60. The van der Waals surface area contributed by atoms with E-state index in [-0.39, 0.29) is 30.4 Å². The van der Waals surface area contributed by atoms with Gasteiger partial charge in [-0.05, 0) is 24.5 Å². The summed E-state index contributed by atoms with van der Waals surface area (Å²) in [4.78, 5) is 39.3. The van der Waals surface area contributed by atoms with Crippen LogP contribution < -0.4 is 5.32 Å². The first-order valence-electron chi connectivity index (χ1n) is 8.60. The number of benzene rings is 1. The van der Waals surface area contributed by atoms with Gasteiger partial charge in [-0.25, -0.2) is 4.79 Å². The fraction of sp³-hybridized carbons (Fsp3) is 0.500. The molecule has 3 rings (SSSR count). The summed E-state index contributed by atoms with van der Waals surface area (Å²) in [5, 5.41) is 2.83. The molecule has 0 radical (unpaired) electrons. The van der Waals surface area contributed by atoms with E-state index in [2.05, 4.69) is 5.32 Å². The van der Waals surface area contributed by atoms with Crippen molar-refractivity contribution in [3.05, 3.63) is 30.3 Å². The molecule has 0 spiro atoms. The lowest BCUT2D eigenvalue weighted by atomic mass is 10.3. The number of nitrogens with zero attached hydrogens (tertiary/aromatic N) is 2. The minimum atomic E-state index is -0.276. The van der Waals surface area contributed by atoms with E-state index < -0.39 is 0 Å². The van der Waals surface area contributed by atoms with Gasteiger partial charge in [-0.15, -0.1) is 0 Å². The molecule has 3 amide bonds. The van der Waals surface area contributed by atoms with Gasteiger partial charge in [0, 0.05) is 31.9 Å². The molecule has 1 aliphatic heterocycles. The maximum atomic E-state index is 12.2. The number of amides is 3. The number of carbonyl (C=O) groups excluding carboxylic acids is 3. The normalized spacial score (nSPS) is 22.3. The van der Waals surface area contributed by atoms with E-state index in [0.29, 0.717) is 32.1 Å². The van der Waals surface area contributed by atoms with Gasteiger partial charge < -0.3 is 19.9 Å². The summed E-state index contributed by atoms with van der Waals surface area (Å²) < 4.78 is 5.08. The quantitative estimate of drug-likeness (QED) is 0.840. The summed E-state index contributed by atoms with van der Waals surface area (Å²) in [5.74, 6) is -0.146. The monoisotopic (exact) mass is 345 g/mol. The van der Waals surface area contributed by atoms with Crippen LogP contribution >= 0.6 is 0 Å². The molecule has 25 heavy (non-hydrogen) atoms. The molecule has 1 saturated carbocycles. The standard InChI is InChI=1S/C18H23N3O4/c1-13-11-15(13)17(23)25-12-16(22)20-7-9-21(10-8-20)18(24)19-14-5-3-2-4-6-14/h2-6,13,15H,7-12H2,1H3,(H,19,24)/t13-,15+/m1/s1. The minimum absolute atomic E-state index is 0.0358. The highest BCUT2D eigenvalue weighted by Crippen LogP contribution is 2.38. The zero-order chi connectivity index (χ0) is 17.8. The van der Waals surface area contributed by atoms with Crippen molar-refractivity contribution < 1.29 is 19.1 Å². The molecule has 7 nitrogen and oxygen atoms in total. The van der Waals surface area contributed by atoms with E-state index in [4.69, 9.17) is 4.74 Å². The van der Waals surface area contributed by atoms with Crippen LogP contribution in [0.15, 0.2) is 30.3 Å². The molecule has 1 aromatic carbocycles. The Labute approximate surface area is 146 Å². The van der Waals surface area contributed by atoms with Gasteiger partial charge in [0.1, 0.15) is 0 Å². The highest BCUT2D eigenvalue weighted by Gasteiger charge is 2.40. The van der Waals surface area contributed by atoms with Crippen molar-refractivity contribution in [1.82, 2.24) is 9.80 Å². The second kappa shape index (κ2) is 7.55. The van der Waals surface area contributed by atoms with Gasteiger partial charge in [-0.2, -0.15) is 0 Å². The molecular formula is C18H23N3O4. The summed E-state index contributed by atoms with van der Waals surface area (Å²) in [6.07, 6.45) is 0.849. The summed E-state index contributed by atoms with van der Waals surface area (Å²) in [6, 6.07) is 9.08. The van der Waals surface area contributed by atoms with E-state index in [1.54, 1.807) is 9.80 Å². The van der Waals surface area contributed by atoms with Gasteiger partial charge in [0.25, 0.3) is 5.91 Å². The van der Waals surface area contributed by atoms with Crippen molar-refractivity contribution in [2.24, 2.45) is 11.8 Å². The number of piperazine rings is 1. The molecule has 2 aliphatic rings. The summed E-state index contributed by atoms with van der Waals surface area (Å²) in [6.45, 7) is 3.58. The minimum Gasteiger partial charge on any atom is -0.455 e. The zero-order valence-electron chi connectivity index (χ0n) is 14.3. The fourth-order valence-corrected chi connectivity index (χ4v) is 2.86. The second-order valence-electron chi connectivity index (χ2n) is 6.59. The highest BCUT2D eigenvalue weighted by molar-refractivity contribution is 5.89. The number of esters is 1. The third-order valence-corrected chi connectivity index (χ3v) is 4.69. The molecule has 1 N–H and O–H groups in total. The average Bonchev–Trinajstić information content (AvgIpc) is 3.37. The highest BCUT2D eigenvalue weighted by atomic mass is 16.5. The lowest BCUT2D eigenvalue weighted by molar-refractivity contribution is -0.153. The molecule has 1 saturated heterocycles. The topological polar surface area (TPSA) is 79.0 Å². The Bertz CT molecular complexity index is 641. The number of para-hydroxylation sites is 1. The van der Waals surface area contributed by atoms with Gasteiger partial charge in [0.05, 0.1) is 5.92 Å². The summed E-state index contributed by atoms with van der Waals surface area (Å²) >= 11 is 0. The second-order valence-corrected chi connectivity index (χ2v) is 6.59. The molecule has 1 heterocycles. The molecule has 0 unspecified atom stereocenters. The first-order chi connectivity index (χ1) is 12.0. The predicted molar refractivity (Wildman–Crippen MR) is 91.8 cm³/mol. The molecule has 1 aromatic rings. The van der Waals surface area contributed by atoms with Gasteiger partial charge in [-0.1, -0.05) is 25.1 Å². The van der Waals surface area contributed by atoms with Crippen LogP contribution in [-0.2, 0) is 14.3 Å². The van der Waals surface area contributed by atoms with Crippen LogP contribution in [0, 0.1) is 11.8 Å². The Morgan fingerprint density at radius 3 is 2.28 bits per heavy atom. The van der Waals surface area contributed by atoms with Crippen molar-refractivity contribution in [2.75, 3.05) is 38.1 Å². The van der Waals surface area contributed by atoms with E-state index in [1.807, 2.05) is 37.3 Å². The van der Waals surface area contributed by atoms with Crippen LogP contribution in [0.3, 0.4) is 0 Å². The lowest BCUT2D eigenvalue weighted by Gasteiger charge is -2.34. The van der Waals surface area contributed by atoms with Crippen LogP contribution in [0.2, 0.25) is 0 Å². The van der Waals surface area contributed by atoms with Crippen molar-refractivity contribution in [2.45, 2.75) is 13.3 Å². The van der Waals surface area contributed by atoms with Crippen LogP contribution in [0.1, 0.15) is 13.3 Å². The number of anilines is 1. The molecule has 0 bridgehead atoms. The van der Waals surface area contributed by atoms with Crippen molar-refractivity contribution >= 4 is 23.6 Å². The Kier molecular flexibility index (Phi) is 5.21. The Balaban J connectivity index is 1.39. The molecule has 0 aromatic heterocycles.